The first kappa shape index (κ1) is 19.4. The number of fused-ring (bicyclic) bond motifs is 1. The van der Waals surface area contributed by atoms with Gasteiger partial charge in [-0.05, 0) is 35.2 Å². The van der Waals surface area contributed by atoms with Crippen LogP contribution in [0.1, 0.15) is 5.56 Å². The molecule has 0 bridgehead atoms. The molecule has 0 N–H and O–H groups in total. The van der Waals surface area contributed by atoms with Gasteiger partial charge in [0.25, 0.3) is 5.56 Å². The van der Waals surface area contributed by atoms with Crippen molar-refractivity contribution in [3.05, 3.63) is 87.9 Å². The molecule has 0 aliphatic carbocycles. The van der Waals surface area contributed by atoms with Crippen LogP contribution in [0.5, 0.6) is 0 Å². The van der Waals surface area contributed by atoms with Crippen LogP contribution >= 0.6 is 22.7 Å². The van der Waals surface area contributed by atoms with Gasteiger partial charge in [0.1, 0.15) is 18.0 Å². The molecule has 0 spiro atoms. The van der Waals surface area contributed by atoms with E-state index >= 15 is 0 Å². The number of esters is 1. The monoisotopic (exact) mass is 448 g/mol. The molecular weight excluding hydrogens is 432 g/mol. The zero-order valence-electron chi connectivity index (χ0n) is 16.2. The van der Waals surface area contributed by atoms with Crippen LogP contribution in [-0.2, 0) is 22.7 Å². The Labute approximate surface area is 184 Å². The van der Waals surface area contributed by atoms with E-state index in [1.54, 1.807) is 22.2 Å². The third-order valence-electron chi connectivity index (χ3n) is 4.75. The molecule has 5 aromatic rings. The second-order valence-corrected chi connectivity index (χ2v) is 8.57. The summed E-state index contributed by atoms with van der Waals surface area (Å²) >= 11 is 2.98. The molecule has 0 fully saturated rings. The molecule has 0 saturated carbocycles. The maximum absolute atomic E-state index is 13.0. The predicted molar refractivity (Wildman–Crippen MR) is 121 cm³/mol. The lowest BCUT2D eigenvalue weighted by molar-refractivity contribution is -0.145. The molecule has 0 unspecified atom stereocenters. The molecule has 0 radical (unpaired) electrons. The van der Waals surface area contributed by atoms with E-state index in [4.69, 9.17) is 4.74 Å². The van der Waals surface area contributed by atoms with Gasteiger partial charge in [-0.1, -0.05) is 18.2 Å². The number of carbonyl (C=O) groups excluding carboxylic acids is 1. The fraction of sp³-hybridized carbons (Fsp3) is 0.0909. The summed E-state index contributed by atoms with van der Waals surface area (Å²) < 4.78 is 8.42. The van der Waals surface area contributed by atoms with Crippen LogP contribution < -0.4 is 5.56 Å². The first-order valence-corrected chi connectivity index (χ1v) is 11.2. The molecule has 0 amide bonds. The summed E-state index contributed by atoms with van der Waals surface area (Å²) in [6.45, 7) is -0.0611. The van der Waals surface area contributed by atoms with Crippen molar-refractivity contribution in [1.82, 2.24) is 19.3 Å². The smallest absolute Gasteiger partial charge is 0.326 e. The van der Waals surface area contributed by atoms with Gasteiger partial charge < -0.3 is 4.74 Å². The van der Waals surface area contributed by atoms with Crippen molar-refractivity contribution in [3.8, 4) is 16.1 Å². The molecule has 31 heavy (non-hydrogen) atoms. The Bertz CT molecular complexity index is 1390. The molecule has 0 aliphatic rings. The van der Waals surface area contributed by atoms with Crippen molar-refractivity contribution in [2.24, 2.45) is 0 Å². The molecular formula is C22H16N4O3S2. The molecule has 0 saturated heterocycles. The Hall–Kier alpha value is -3.56. The Morgan fingerprint density at radius 2 is 1.97 bits per heavy atom. The number of thiophene rings is 2. The van der Waals surface area contributed by atoms with E-state index in [9.17, 15) is 9.59 Å². The van der Waals surface area contributed by atoms with E-state index in [1.165, 1.54) is 22.2 Å². The topological polar surface area (TPSA) is 79.0 Å². The number of nitrogens with zero attached hydrogens (tertiary/aromatic N) is 4. The van der Waals surface area contributed by atoms with Gasteiger partial charge in [0.05, 0.1) is 17.4 Å². The molecule has 7 nitrogen and oxygen atoms in total. The summed E-state index contributed by atoms with van der Waals surface area (Å²) in [6.07, 6.45) is 4.97. The standard InChI is InChI=1S/C22H16N4O3S2/c27-19(29-12-15-4-6-16(7-5-15)26-9-2-8-24-26)11-25-14-23-21-20(22(25)28)17(13-31-21)18-3-1-10-30-18/h1-10,13-14H,11-12H2. The molecule has 4 aromatic heterocycles. The van der Waals surface area contributed by atoms with E-state index in [-0.39, 0.29) is 18.7 Å². The van der Waals surface area contributed by atoms with Crippen molar-refractivity contribution < 1.29 is 9.53 Å². The first-order valence-electron chi connectivity index (χ1n) is 9.44. The second-order valence-electron chi connectivity index (χ2n) is 6.76. The molecule has 0 aliphatic heterocycles. The van der Waals surface area contributed by atoms with Crippen molar-refractivity contribution >= 4 is 38.9 Å². The Kier molecular flexibility index (Phi) is 5.19. The van der Waals surface area contributed by atoms with Crippen LogP contribution in [0, 0.1) is 0 Å². The van der Waals surface area contributed by atoms with Crippen molar-refractivity contribution in [1.29, 1.82) is 0 Å². The molecule has 5 rings (SSSR count). The van der Waals surface area contributed by atoms with Crippen LogP contribution in [0.3, 0.4) is 0 Å². The summed E-state index contributed by atoms with van der Waals surface area (Å²) in [5.74, 6) is -0.493. The zero-order chi connectivity index (χ0) is 21.2. The largest absolute Gasteiger partial charge is 0.459 e. The van der Waals surface area contributed by atoms with Gasteiger partial charge in [-0.2, -0.15) is 5.10 Å². The number of ether oxygens (including phenoxy) is 1. The van der Waals surface area contributed by atoms with Gasteiger partial charge in [0, 0.05) is 28.2 Å². The van der Waals surface area contributed by atoms with E-state index in [0.717, 1.165) is 21.7 Å². The van der Waals surface area contributed by atoms with Gasteiger partial charge in [-0.15, -0.1) is 22.7 Å². The van der Waals surface area contributed by atoms with E-state index in [1.807, 2.05) is 59.4 Å². The highest BCUT2D eigenvalue weighted by atomic mass is 32.1. The highest BCUT2D eigenvalue weighted by molar-refractivity contribution is 7.18. The summed E-state index contributed by atoms with van der Waals surface area (Å²) in [5.41, 5.74) is 2.38. The third-order valence-corrected chi connectivity index (χ3v) is 6.54. The van der Waals surface area contributed by atoms with Gasteiger partial charge in [0.15, 0.2) is 0 Å². The minimum Gasteiger partial charge on any atom is -0.459 e. The number of benzene rings is 1. The summed E-state index contributed by atoms with van der Waals surface area (Å²) in [7, 11) is 0. The predicted octanol–water partition coefficient (Wildman–Crippen LogP) is 4.12. The van der Waals surface area contributed by atoms with Crippen molar-refractivity contribution in [3.63, 3.8) is 0 Å². The van der Waals surface area contributed by atoms with E-state index < -0.39 is 5.97 Å². The van der Waals surface area contributed by atoms with Crippen LogP contribution in [-0.4, -0.2) is 25.3 Å². The van der Waals surface area contributed by atoms with Crippen LogP contribution in [0.25, 0.3) is 26.3 Å². The van der Waals surface area contributed by atoms with Gasteiger partial charge >= 0.3 is 5.97 Å². The third kappa shape index (κ3) is 3.92. The number of rotatable bonds is 6. The minimum absolute atomic E-state index is 0.127. The fourth-order valence-electron chi connectivity index (χ4n) is 3.21. The lowest BCUT2D eigenvalue weighted by Crippen LogP contribution is -2.25. The van der Waals surface area contributed by atoms with Gasteiger partial charge in [0.2, 0.25) is 0 Å². The molecule has 9 heteroatoms. The average molecular weight is 449 g/mol. The Balaban J connectivity index is 1.29. The second kappa shape index (κ2) is 8.29. The highest BCUT2D eigenvalue weighted by Gasteiger charge is 2.15. The van der Waals surface area contributed by atoms with Crippen molar-refractivity contribution in [2.45, 2.75) is 13.2 Å². The number of hydrogen-bond donors (Lipinski definition) is 0. The lowest BCUT2D eigenvalue weighted by atomic mass is 10.2. The maximum Gasteiger partial charge on any atom is 0.326 e. The van der Waals surface area contributed by atoms with Crippen LogP contribution in [0.15, 0.2) is 76.7 Å². The Morgan fingerprint density at radius 1 is 1.10 bits per heavy atom. The highest BCUT2D eigenvalue weighted by Crippen LogP contribution is 2.33. The summed E-state index contributed by atoms with van der Waals surface area (Å²) in [5, 5.41) is 8.61. The van der Waals surface area contributed by atoms with E-state index in [0.29, 0.717) is 10.2 Å². The number of hydrogen-bond acceptors (Lipinski definition) is 7. The SMILES string of the molecule is O=C(Cn1cnc2scc(-c3cccs3)c2c1=O)OCc1ccc(-n2cccn2)cc1. The quantitative estimate of drug-likeness (QED) is 0.365. The molecule has 1 aromatic carbocycles. The number of carbonyl (C=O) groups is 1. The fourth-order valence-corrected chi connectivity index (χ4v) is 4.93. The number of aromatic nitrogens is 4. The van der Waals surface area contributed by atoms with Gasteiger partial charge in [-0.3, -0.25) is 14.2 Å². The van der Waals surface area contributed by atoms with Crippen LogP contribution in [0.4, 0.5) is 0 Å². The molecule has 154 valence electrons. The maximum atomic E-state index is 13.0. The van der Waals surface area contributed by atoms with Gasteiger partial charge in [-0.25, -0.2) is 9.67 Å². The lowest BCUT2D eigenvalue weighted by Gasteiger charge is -2.08. The van der Waals surface area contributed by atoms with E-state index in [2.05, 4.69) is 10.1 Å². The Morgan fingerprint density at radius 3 is 2.71 bits per heavy atom. The zero-order valence-corrected chi connectivity index (χ0v) is 17.8. The molecule has 4 heterocycles. The average Bonchev–Trinajstić information content (AvgIpc) is 3.55. The summed E-state index contributed by atoms with van der Waals surface area (Å²) in [4.78, 5) is 31.4. The first-order chi connectivity index (χ1) is 15.2. The van der Waals surface area contributed by atoms with Crippen LogP contribution in [0.2, 0.25) is 0 Å². The summed E-state index contributed by atoms with van der Waals surface area (Å²) in [6, 6.07) is 13.3. The normalized spacial score (nSPS) is 11.1. The van der Waals surface area contributed by atoms with Crippen molar-refractivity contribution in [2.75, 3.05) is 0 Å². The minimum atomic E-state index is -0.493. The molecule has 0 atom stereocenters.